The van der Waals surface area contributed by atoms with Crippen molar-refractivity contribution in [3.8, 4) is 11.3 Å². The molecule has 1 amide bonds. The fraction of sp³-hybridized carbons (Fsp3) is 0.435. The fourth-order valence-corrected chi connectivity index (χ4v) is 4.45. The Morgan fingerprint density at radius 2 is 2.10 bits per heavy atom. The van der Waals surface area contributed by atoms with Crippen LogP contribution < -0.4 is 5.32 Å². The molecular weight excluding hydrogens is 392 g/mol. The number of H-pyrrole nitrogens is 1. The summed E-state index contributed by atoms with van der Waals surface area (Å²) < 4.78 is 7.28. The Balaban J connectivity index is 1.25. The zero-order valence-corrected chi connectivity index (χ0v) is 17.6. The van der Waals surface area contributed by atoms with E-state index < -0.39 is 0 Å². The van der Waals surface area contributed by atoms with E-state index in [1.165, 1.54) is 5.56 Å². The monoisotopic (exact) mass is 420 g/mol. The van der Waals surface area contributed by atoms with Gasteiger partial charge in [-0.25, -0.2) is 0 Å². The number of anilines is 1. The van der Waals surface area contributed by atoms with Gasteiger partial charge in [0.15, 0.2) is 5.82 Å². The van der Waals surface area contributed by atoms with Crippen molar-refractivity contribution in [1.82, 2.24) is 24.6 Å². The van der Waals surface area contributed by atoms with Crippen molar-refractivity contribution in [3.63, 3.8) is 0 Å². The van der Waals surface area contributed by atoms with Crippen LogP contribution in [0.2, 0.25) is 0 Å². The van der Waals surface area contributed by atoms with E-state index in [-0.39, 0.29) is 5.91 Å². The maximum atomic E-state index is 13.1. The molecule has 0 radical (unpaired) electrons. The number of aromatic nitrogens is 4. The molecule has 8 nitrogen and oxygen atoms in total. The first-order valence-corrected chi connectivity index (χ1v) is 11.1. The number of amides is 1. The highest BCUT2D eigenvalue weighted by atomic mass is 16.5. The first kappa shape index (κ1) is 20.0. The number of rotatable bonds is 6. The number of pyridine rings is 1. The van der Waals surface area contributed by atoms with Gasteiger partial charge in [-0.3, -0.25) is 19.4 Å². The number of aromatic amines is 1. The highest BCUT2D eigenvalue weighted by molar-refractivity contribution is 6.08. The van der Waals surface area contributed by atoms with Gasteiger partial charge in [-0.05, 0) is 37.3 Å². The molecule has 4 heterocycles. The van der Waals surface area contributed by atoms with Crippen LogP contribution >= 0.6 is 0 Å². The molecule has 162 valence electrons. The van der Waals surface area contributed by atoms with Crippen molar-refractivity contribution in [2.24, 2.45) is 0 Å². The molecular formula is C23H28N6O2. The summed E-state index contributed by atoms with van der Waals surface area (Å²) in [6, 6.07) is 5.91. The lowest BCUT2D eigenvalue weighted by atomic mass is 10.0. The molecule has 0 bridgehead atoms. The summed E-state index contributed by atoms with van der Waals surface area (Å²) in [5.41, 5.74) is 4.74. The fourth-order valence-electron chi connectivity index (χ4n) is 4.45. The van der Waals surface area contributed by atoms with Crippen molar-refractivity contribution >= 4 is 11.7 Å². The average Bonchev–Trinajstić information content (AvgIpc) is 3.37. The number of carbonyl (C=O) groups is 1. The number of morpholine rings is 1. The van der Waals surface area contributed by atoms with E-state index in [0.29, 0.717) is 11.4 Å². The summed E-state index contributed by atoms with van der Waals surface area (Å²) in [6.45, 7) is 5.50. The Labute approximate surface area is 181 Å². The second kappa shape index (κ2) is 9.03. The van der Waals surface area contributed by atoms with Crippen LogP contribution in [-0.4, -0.2) is 63.4 Å². The van der Waals surface area contributed by atoms with E-state index in [1.54, 1.807) is 12.4 Å². The Morgan fingerprint density at radius 3 is 3.00 bits per heavy atom. The normalized spacial score (nSPS) is 16.4. The van der Waals surface area contributed by atoms with Crippen LogP contribution in [0.1, 0.15) is 34.5 Å². The molecule has 31 heavy (non-hydrogen) atoms. The Bertz CT molecular complexity index is 1050. The molecule has 0 aromatic carbocycles. The quantitative estimate of drug-likeness (QED) is 0.640. The van der Waals surface area contributed by atoms with Crippen molar-refractivity contribution < 1.29 is 9.53 Å². The van der Waals surface area contributed by atoms with Gasteiger partial charge >= 0.3 is 0 Å². The van der Waals surface area contributed by atoms with Crippen molar-refractivity contribution in [3.05, 3.63) is 53.6 Å². The summed E-state index contributed by atoms with van der Waals surface area (Å²) in [5, 5.41) is 7.49. The maximum absolute atomic E-state index is 13.1. The molecule has 2 aliphatic rings. The third kappa shape index (κ3) is 4.40. The topological polar surface area (TPSA) is 88.1 Å². The molecule has 1 fully saturated rings. The van der Waals surface area contributed by atoms with Gasteiger partial charge in [0.2, 0.25) is 0 Å². The molecule has 1 aliphatic carbocycles. The third-order valence-electron chi connectivity index (χ3n) is 6.05. The van der Waals surface area contributed by atoms with E-state index in [2.05, 4.69) is 31.3 Å². The number of carbonyl (C=O) groups excluding carboxylic acids is 1. The van der Waals surface area contributed by atoms with E-state index in [1.807, 2.05) is 23.0 Å². The lowest BCUT2D eigenvalue weighted by molar-refractivity contribution is 0.0368. The van der Waals surface area contributed by atoms with Gasteiger partial charge in [-0.2, -0.15) is 5.10 Å². The molecule has 1 aliphatic heterocycles. The number of ether oxygens (including phenoxy) is 1. The standard InChI is InChI=1S/C23H28N6O2/c30-23(18-16-25-19-6-1-4-17-5-2-8-24-22(17)21(18)19)26-20-7-11-29(27-20)10-3-9-28-12-14-31-15-13-28/h2,5,7-8,11,16,25H,1,3-4,6,9-10,12-15H2,(H,26,27,30). The zero-order valence-electron chi connectivity index (χ0n) is 17.6. The van der Waals surface area contributed by atoms with E-state index in [9.17, 15) is 4.79 Å². The molecule has 0 unspecified atom stereocenters. The molecule has 1 saturated heterocycles. The minimum Gasteiger partial charge on any atom is -0.379 e. The van der Waals surface area contributed by atoms with Gasteiger partial charge in [0, 0.05) is 62.1 Å². The summed E-state index contributed by atoms with van der Waals surface area (Å²) in [5.74, 6) is 0.413. The van der Waals surface area contributed by atoms with Gasteiger partial charge < -0.3 is 15.0 Å². The maximum Gasteiger partial charge on any atom is 0.259 e. The number of fused-ring (bicyclic) bond motifs is 3. The number of nitrogens with zero attached hydrogens (tertiary/aromatic N) is 4. The van der Waals surface area contributed by atoms with Crippen LogP contribution in [-0.2, 0) is 24.1 Å². The smallest absolute Gasteiger partial charge is 0.259 e. The third-order valence-corrected chi connectivity index (χ3v) is 6.05. The van der Waals surface area contributed by atoms with Crippen LogP contribution in [0, 0.1) is 0 Å². The molecule has 0 spiro atoms. The van der Waals surface area contributed by atoms with E-state index in [4.69, 9.17) is 4.74 Å². The summed E-state index contributed by atoms with van der Waals surface area (Å²) in [4.78, 5) is 23.4. The van der Waals surface area contributed by atoms with Crippen molar-refractivity contribution in [2.75, 3.05) is 38.2 Å². The van der Waals surface area contributed by atoms with Crippen LogP contribution in [0.25, 0.3) is 11.3 Å². The highest BCUT2D eigenvalue weighted by Crippen LogP contribution is 2.33. The van der Waals surface area contributed by atoms with Gasteiger partial charge in [-0.15, -0.1) is 0 Å². The minimum absolute atomic E-state index is 0.158. The molecule has 3 aromatic heterocycles. The number of hydrogen-bond acceptors (Lipinski definition) is 5. The molecule has 2 N–H and O–H groups in total. The summed E-state index contributed by atoms with van der Waals surface area (Å²) in [6.07, 6.45) is 9.46. The van der Waals surface area contributed by atoms with Crippen molar-refractivity contribution in [2.45, 2.75) is 32.2 Å². The second-order valence-corrected chi connectivity index (χ2v) is 8.15. The molecule has 8 heteroatoms. The number of hydrogen-bond donors (Lipinski definition) is 2. The average molecular weight is 421 g/mol. The summed E-state index contributed by atoms with van der Waals surface area (Å²) >= 11 is 0. The van der Waals surface area contributed by atoms with Gasteiger partial charge in [0.05, 0.1) is 24.5 Å². The molecule has 3 aromatic rings. The van der Waals surface area contributed by atoms with Gasteiger partial charge in [0.1, 0.15) is 0 Å². The lowest BCUT2D eigenvalue weighted by Gasteiger charge is -2.26. The summed E-state index contributed by atoms with van der Waals surface area (Å²) in [7, 11) is 0. The predicted octanol–water partition coefficient (Wildman–Crippen LogP) is 2.74. The molecule has 0 saturated carbocycles. The second-order valence-electron chi connectivity index (χ2n) is 8.15. The van der Waals surface area contributed by atoms with E-state index >= 15 is 0 Å². The first-order chi connectivity index (χ1) is 15.3. The number of nitrogens with one attached hydrogen (secondary N) is 2. The largest absolute Gasteiger partial charge is 0.379 e. The first-order valence-electron chi connectivity index (χ1n) is 11.1. The Kier molecular flexibility index (Phi) is 5.82. The van der Waals surface area contributed by atoms with Crippen molar-refractivity contribution in [1.29, 1.82) is 0 Å². The van der Waals surface area contributed by atoms with Crippen LogP contribution in [0.5, 0.6) is 0 Å². The molecule has 0 atom stereocenters. The van der Waals surface area contributed by atoms with Gasteiger partial charge in [-0.1, -0.05) is 6.07 Å². The van der Waals surface area contributed by atoms with Crippen LogP contribution in [0.15, 0.2) is 36.8 Å². The molecule has 5 rings (SSSR count). The Morgan fingerprint density at radius 1 is 1.19 bits per heavy atom. The highest BCUT2D eigenvalue weighted by Gasteiger charge is 2.24. The van der Waals surface area contributed by atoms with E-state index in [0.717, 1.165) is 82.0 Å². The lowest BCUT2D eigenvalue weighted by Crippen LogP contribution is -2.37. The number of aryl methyl sites for hydroxylation is 3. The van der Waals surface area contributed by atoms with Gasteiger partial charge in [0.25, 0.3) is 5.91 Å². The minimum atomic E-state index is -0.158. The van der Waals surface area contributed by atoms with Crippen LogP contribution in [0.4, 0.5) is 5.82 Å². The predicted molar refractivity (Wildman–Crippen MR) is 118 cm³/mol. The Hall–Kier alpha value is -2.97. The zero-order chi connectivity index (χ0) is 21.0. The van der Waals surface area contributed by atoms with Crippen LogP contribution in [0.3, 0.4) is 0 Å². The SMILES string of the molecule is O=C(Nc1ccn(CCCN2CCOCC2)n1)c1c[nH]c2c1-c1ncccc1CCC2.